The zero-order chi connectivity index (χ0) is 14.7. The monoisotopic (exact) mass is 280 g/mol. The molecule has 0 aliphatic carbocycles. The molecule has 20 heavy (non-hydrogen) atoms. The summed E-state index contributed by atoms with van der Waals surface area (Å²) in [6, 6.07) is 4.14. The Hall–Kier alpha value is -1.46. The highest BCUT2D eigenvalue weighted by molar-refractivity contribution is 5.95. The van der Waals surface area contributed by atoms with E-state index in [2.05, 4.69) is 10.2 Å². The van der Waals surface area contributed by atoms with E-state index in [0.717, 1.165) is 18.7 Å². The van der Waals surface area contributed by atoms with Crippen molar-refractivity contribution in [3.8, 4) is 0 Å². The molecule has 1 heterocycles. The van der Waals surface area contributed by atoms with Crippen molar-refractivity contribution in [1.29, 1.82) is 0 Å². The number of hydrogen-bond donors (Lipinski definition) is 1. The van der Waals surface area contributed by atoms with E-state index in [9.17, 15) is 9.18 Å². The van der Waals surface area contributed by atoms with Gasteiger partial charge < -0.3 is 10.1 Å². The number of anilines is 1. The van der Waals surface area contributed by atoms with E-state index in [1.807, 2.05) is 20.8 Å². The summed E-state index contributed by atoms with van der Waals surface area (Å²) in [5.41, 5.74) is 1.38. The zero-order valence-corrected chi connectivity index (χ0v) is 12.1. The average molecular weight is 280 g/mol. The normalized spacial score (nSPS) is 21.5. The van der Waals surface area contributed by atoms with Gasteiger partial charge in [0.25, 0.3) is 0 Å². The van der Waals surface area contributed by atoms with Crippen molar-refractivity contribution < 1.29 is 13.9 Å². The van der Waals surface area contributed by atoms with Crippen molar-refractivity contribution in [1.82, 2.24) is 4.90 Å². The quantitative estimate of drug-likeness (QED) is 0.922. The summed E-state index contributed by atoms with van der Waals surface area (Å²) in [6.45, 7) is 7.81. The van der Waals surface area contributed by atoms with Crippen LogP contribution in [0.1, 0.15) is 19.4 Å². The van der Waals surface area contributed by atoms with Crippen LogP contribution in [-0.4, -0.2) is 42.6 Å². The Balaban J connectivity index is 2.02. The lowest BCUT2D eigenvalue weighted by Crippen LogP contribution is -2.50. The predicted octanol–water partition coefficient (Wildman–Crippen LogP) is 2.18. The summed E-state index contributed by atoms with van der Waals surface area (Å²) in [7, 11) is 0. The third-order valence-electron chi connectivity index (χ3n) is 3.66. The van der Waals surface area contributed by atoms with Gasteiger partial charge in [0.1, 0.15) is 5.82 Å². The Morgan fingerprint density at radius 3 is 3.00 bits per heavy atom. The summed E-state index contributed by atoms with van der Waals surface area (Å²) in [4.78, 5) is 14.3. The minimum atomic E-state index is -0.349. The number of amides is 1. The van der Waals surface area contributed by atoms with E-state index in [1.54, 1.807) is 6.07 Å². The van der Waals surface area contributed by atoms with Gasteiger partial charge >= 0.3 is 0 Å². The first-order valence-electron chi connectivity index (χ1n) is 6.90. The molecule has 0 radical (unpaired) electrons. The summed E-state index contributed by atoms with van der Waals surface area (Å²) in [5, 5.41) is 2.80. The molecule has 110 valence electrons. The Morgan fingerprint density at radius 1 is 1.55 bits per heavy atom. The minimum absolute atomic E-state index is 0.118. The van der Waals surface area contributed by atoms with Gasteiger partial charge in [0, 0.05) is 18.8 Å². The SMILES string of the molecule is Cc1ccc(F)cc1NC(=O)C(C)N1CCOC(C)C1. The summed E-state index contributed by atoms with van der Waals surface area (Å²) < 4.78 is 18.7. The van der Waals surface area contributed by atoms with E-state index in [-0.39, 0.29) is 23.9 Å². The number of nitrogens with zero attached hydrogens (tertiary/aromatic N) is 1. The van der Waals surface area contributed by atoms with Gasteiger partial charge in [0.05, 0.1) is 18.8 Å². The van der Waals surface area contributed by atoms with Crippen molar-refractivity contribution in [3.05, 3.63) is 29.6 Å². The summed E-state index contributed by atoms with van der Waals surface area (Å²) in [5.74, 6) is -0.466. The van der Waals surface area contributed by atoms with Crippen LogP contribution in [0.5, 0.6) is 0 Å². The summed E-state index contributed by atoms with van der Waals surface area (Å²) >= 11 is 0. The lowest BCUT2D eigenvalue weighted by Gasteiger charge is -2.34. The van der Waals surface area contributed by atoms with Gasteiger partial charge in [0.2, 0.25) is 5.91 Å². The van der Waals surface area contributed by atoms with Gasteiger partial charge in [-0.25, -0.2) is 4.39 Å². The number of carbonyl (C=O) groups excluding carboxylic acids is 1. The third-order valence-corrected chi connectivity index (χ3v) is 3.66. The van der Waals surface area contributed by atoms with Gasteiger partial charge in [-0.3, -0.25) is 9.69 Å². The molecule has 2 rings (SSSR count). The number of aryl methyl sites for hydroxylation is 1. The van der Waals surface area contributed by atoms with Crippen LogP contribution >= 0.6 is 0 Å². The maximum absolute atomic E-state index is 13.2. The molecule has 0 aromatic heterocycles. The van der Waals surface area contributed by atoms with Gasteiger partial charge in [-0.05, 0) is 38.5 Å². The molecule has 1 fully saturated rings. The van der Waals surface area contributed by atoms with E-state index in [1.165, 1.54) is 12.1 Å². The number of rotatable bonds is 3. The Morgan fingerprint density at radius 2 is 2.30 bits per heavy atom. The maximum atomic E-state index is 13.2. The second-order valence-electron chi connectivity index (χ2n) is 5.30. The molecule has 4 nitrogen and oxygen atoms in total. The smallest absolute Gasteiger partial charge is 0.241 e. The first-order valence-corrected chi connectivity index (χ1v) is 6.90. The van der Waals surface area contributed by atoms with Crippen LogP contribution in [0.15, 0.2) is 18.2 Å². The fourth-order valence-electron chi connectivity index (χ4n) is 2.33. The number of ether oxygens (including phenoxy) is 1. The predicted molar refractivity (Wildman–Crippen MR) is 76.2 cm³/mol. The molecule has 5 heteroatoms. The molecule has 2 unspecified atom stereocenters. The molecule has 1 saturated heterocycles. The largest absolute Gasteiger partial charge is 0.376 e. The van der Waals surface area contributed by atoms with Crippen molar-refractivity contribution in [3.63, 3.8) is 0 Å². The fraction of sp³-hybridized carbons (Fsp3) is 0.533. The van der Waals surface area contributed by atoms with E-state index >= 15 is 0 Å². The topological polar surface area (TPSA) is 41.6 Å². The van der Waals surface area contributed by atoms with Crippen LogP contribution in [0.4, 0.5) is 10.1 Å². The highest BCUT2D eigenvalue weighted by Crippen LogP contribution is 2.17. The highest BCUT2D eigenvalue weighted by Gasteiger charge is 2.26. The van der Waals surface area contributed by atoms with Crippen molar-refractivity contribution in [2.75, 3.05) is 25.0 Å². The first-order chi connectivity index (χ1) is 9.47. The second-order valence-corrected chi connectivity index (χ2v) is 5.30. The highest BCUT2D eigenvalue weighted by atomic mass is 19.1. The number of halogens is 1. The molecule has 1 aromatic carbocycles. The van der Waals surface area contributed by atoms with Gasteiger partial charge in [-0.1, -0.05) is 6.07 Å². The Labute approximate surface area is 118 Å². The molecule has 1 aromatic rings. The Bertz CT molecular complexity index is 493. The molecule has 0 saturated carbocycles. The van der Waals surface area contributed by atoms with Crippen LogP contribution in [0, 0.1) is 12.7 Å². The van der Waals surface area contributed by atoms with Crippen molar-refractivity contribution >= 4 is 11.6 Å². The second kappa shape index (κ2) is 6.33. The molecular weight excluding hydrogens is 259 g/mol. The zero-order valence-electron chi connectivity index (χ0n) is 12.1. The molecule has 1 aliphatic rings. The van der Waals surface area contributed by atoms with Crippen LogP contribution in [-0.2, 0) is 9.53 Å². The van der Waals surface area contributed by atoms with E-state index < -0.39 is 0 Å². The van der Waals surface area contributed by atoms with Gasteiger partial charge in [-0.15, -0.1) is 0 Å². The molecule has 0 spiro atoms. The molecule has 1 aliphatic heterocycles. The number of benzene rings is 1. The number of hydrogen-bond acceptors (Lipinski definition) is 3. The lowest BCUT2D eigenvalue weighted by molar-refractivity contribution is -0.123. The van der Waals surface area contributed by atoms with E-state index in [0.29, 0.717) is 12.3 Å². The van der Waals surface area contributed by atoms with Gasteiger partial charge in [0.15, 0.2) is 0 Å². The standard InChI is InChI=1S/C15H21FN2O2/c1-10-4-5-13(16)8-14(10)17-15(19)12(3)18-6-7-20-11(2)9-18/h4-5,8,11-12H,6-7,9H2,1-3H3,(H,17,19). The van der Waals surface area contributed by atoms with E-state index in [4.69, 9.17) is 4.74 Å². The first kappa shape index (κ1) is 14.9. The van der Waals surface area contributed by atoms with Crippen LogP contribution < -0.4 is 5.32 Å². The van der Waals surface area contributed by atoms with Crippen molar-refractivity contribution in [2.24, 2.45) is 0 Å². The molecule has 0 bridgehead atoms. The molecule has 2 atom stereocenters. The van der Waals surface area contributed by atoms with Crippen LogP contribution in [0.25, 0.3) is 0 Å². The third kappa shape index (κ3) is 3.55. The lowest BCUT2D eigenvalue weighted by atomic mass is 10.1. The van der Waals surface area contributed by atoms with Crippen LogP contribution in [0.2, 0.25) is 0 Å². The average Bonchev–Trinajstić information content (AvgIpc) is 2.42. The maximum Gasteiger partial charge on any atom is 0.241 e. The molecule has 1 N–H and O–H groups in total. The number of nitrogens with one attached hydrogen (secondary N) is 1. The fourth-order valence-corrected chi connectivity index (χ4v) is 2.33. The van der Waals surface area contributed by atoms with Crippen LogP contribution in [0.3, 0.4) is 0 Å². The number of morpholine rings is 1. The summed E-state index contributed by atoms with van der Waals surface area (Å²) in [6.07, 6.45) is 0.134. The Kier molecular flexibility index (Phi) is 4.73. The van der Waals surface area contributed by atoms with Gasteiger partial charge in [-0.2, -0.15) is 0 Å². The number of carbonyl (C=O) groups is 1. The molecular formula is C15H21FN2O2. The molecule has 1 amide bonds. The minimum Gasteiger partial charge on any atom is -0.376 e. The van der Waals surface area contributed by atoms with Crippen molar-refractivity contribution in [2.45, 2.75) is 32.9 Å².